The number of carbonyl (C=O) groups is 1. The average molecular weight is 318 g/mol. The van der Waals surface area contributed by atoms with E-state index in [2.05, 4.69) is 10.6 Å². The van der Waals surface area contributed by atoms with Crippen LogP contribution < -0.4 is 15.4 Å². The Morgan fingerprint density at radius 1 is 1.35 bits per heavy atom. The fraction of sp³-hybridized carbons (Fsp3) is 0.611. The minimum Gasteiger partial charge on any atom is -0.489 e. The summed E-state index contributed by atoms with van der Waals surface area (Å²) >= 11 is 0. The molecule has 0 aliphatic carbocycles. The van der Waals surface area contributed by atoms with Gasteiger partial charge in [0, 0.05) is 12.5 Å². The maximum absolute atomic E-state index is 12.4. The second kappa shape index (κ2) is 7.79. The molecule has 0 saturated carbocycles. The van der Waals surface area contributed by atoms with Crippen molar-refractivity contribution < 1.29 is 14.3 Å². The van der Waals surface area contributed by atoms with Gasteiger partial charge in [0.1, 0.15) is 12.4 Å². The maximum atomic E-state index is 12.4. The zero-order valence-corrected chi connectivity index (χ0v) is 13.8. The van der Waals surface area contributed by atoms with Gasteiger partial charge in [-0.1, -0.05) is 6.07 Å². The number of carbonyl (C=O) groups excluding carboxylic acids is 1. The first-order valence-corrected chi connectivity index (χ1v) is 8.59. The summed E-state index contributed by atoms with van der Waals surface area (Å²) in [5.41, 5.74) is 1.88. The van der Waals surface area contributed by atoms with Crippen molar-refractivity contribution in [1.82, 2.24) is 5.32 Å². The smallest absolute Gasteiger partial charge is 0.227 e. The van der Waals surface area contributed by atoms with E-state index in [0.29, 0.717) is 6.61 Å². The van der Waals surface area contributed by atoms with Gasteiger partial charge in [-0.3, -0.25) is 4.79 Å². The highest BCUT2D eigenvalue weighted by Gasteiger charge is 2.22. The summed E-state index contributed by atoms with van der Waals surface area (Å²) in [5.74, 6) is 0.920. The molecule has 2 N–H and O–H groups in total. The van der Waals surface area contributed by atoms with Crippen LogP contribution in [0.4, 0.5) is 5.69 Å². The molecule has 5 nitrogen and oxygen atoms in total. The highest BCUT2D eigenvalue weighted by molar-refractivity contribution is 5.94. The first-order valence-electron chi connectivity index (χ1n) is 8.59. The third-order valence-electron chi connectivity index (χ3n) is 4.55. The largest absolute Gasteiger partial charge is 0.489 e. The fourth-order valence-corrected chi connectivity index (χ4v) is 3.13. The summed E-state index contributed by atoms with van der Waals surface area (Å²) in [6.45, 7) is 5.21. The van der Waals surface area contributed by atoms with Crippen LogP contribution in [0.15, 0.2) is 18.2 Å². The van der Waals surface area contributed by atoms with E-state index >= 15 is 0 Å². The number of benzene rings is 1. The molecule has 126 valence electrons. The predicted molar refractivity (Wildman–Crippen MR) is 89.9 cm³/mol. The van der Waals surface area contributed by atoms with Gasteiger partial charge in [0.25, 0.3) is 0 Å². The van der Waals surface area contributed by atoms with E-state index in [-0.39, 0.29) is 17.9 Å². The number of hydrogen-bond donors (Lipinski definition) is 2. The number of amides is 1. The summed E-state index contributed by atoms with van der Waals surface area (Å²) in [5, 5.41) is 6.34. The van der Waals surface area contributed by atoms with E-state index in [4.69, 9.17) is 9.47 Å². The lowest BCUT2D eigenvalue weighted by molar-refractivity contribution is -0.120. The Bertz CT molecular complexity index is 535. The molecule has 0 aromatic heterocycles. The van der Waals surface area contributed by atoms with Crippen LogP contribution in [0.25, 0.3) is 0 Å². The van der Waals surface area contributed by atoms with E-state index in [1.807, 2.05) is 25.1 Å². The standard InChI is InChI=1S/C18H26N2O3/c1-13-4-5-16(20-18(21)14-6-8-19-9-7-14)17(11-13)23-12-15-3-2-10-22-15/h4-5,11,14-15,19H,2-3,6-10,12H2,1H3,(H,20,21). The van der Waals surface area contributed by atoms with Crippen molar-refractivity contribution in [3.8, 4) is 5.75 Å². The molecule has 0 spiro atoms. The fourth-order valence-electron chi connectivity index (χ4n) is 3.13. The van der Waals surface area contributed by atoms with Crippen LogP contribution in [-0.4, -0.2) is 38.3 Å². The topological polar surface area (TPSA) is 59.6 Å². The normalized spacial score (nSPS) is 22.0. The lowest BCUT2D eigenvalue weighted by atomic mass is 9.97. The molecular weight excluding hydrogens is 292 g/mol. The molecular formula is C18H26N2O3. The lowest BCUT2D eigenvalue weighted by Crippen LogP contribution is -2.34. The zero-order chi connectivity index (χ0) is 16.1. The Labute approximate surface area is 137 Å². The van der Waals surface area contributed by atoms with Crippen LogP contribution >= 0.6 is 0 Å². The number of nitrogens with one attached hydrogen (secondary N) is 2. The molecule has 1 aromatic rings. The molecule has 2 fully saturated rings. The number of hydrogen-bond acceptors (Lipinski definition) is 4. The molecule has 5 heteroatoms. The summed E-state index contributed by atoms with van der Waals surface area (Å²) in [6.07, 6.45) is 4.10. The van der Waals surface area contributed by atoms with Crippen LogP contribution in [0.1, 0.15) is 31.2 Å². The Morgan fingerprint density at radius 2 is 2.17 bits per heavy atom. The molecule has 0 radical (unpaired) electrons. The number of aryl methyl sites for hydroxylation is 1. The van der Waals surface area contributed by atoms with Crippen molar-refractivity contribution in [2.45, 2.75) is 38.7 Å². The van der Waals surface area contributed by atoms with Gasteiger partial charge in [-0.2, -0.15) is 0 Å². The van der Waals surface area contributed by atoms with Crippen molar-refractivity contribution in [2.75, 3.05) is 31.6 Å². The van der Waals surface area contributed by atoms with Gasteiger partial charge in [-0.25, -0.2) is 0 Å². The third-order valence-corrected chi connectivity index (χ3v) is 4.55. The molecule has 2 heterocycles. The summed E-state index contributed by atoms with van der Waals surface area (Å²) < 4.78 is 11.5. The first kappa shape index (κ1) is 16.3. The average Bonchev–Trinajstić information content (AvgIpc) is 3.09. The maximum Gasteiger partial charge on any atom is 0.227 e. The quantitative estimate of drug-likeness (QED) is 0.876. The van der Waals surface area contributed by atoms with Gasteiger partial charge in [0.2, 0.25) is 5.91 Å². The molecule has 23 heavy (non-hydrogen) atoms. The van der Waals surface area contributed by atoms with E-state index in [1.54, 1.807) is 0 Å². The molecule has 1 aromatic carbocycles. The number of anilines is 1. The Hall–Kier alpha value is -1.59. The monoisotopic (exact) mass is 318 g/mol. The van der Waals surface area contributed by atoms with E-state index in [1.165, 1.54) is 0 Å². The Morgan fingerprint density at radius 3 is 2.91 bits per heavy atom. The number of rotatable bonds is 5. The summed E-state index contributed by atoms with van der Waals surface area (Å²) in [7, 11) is 0. The van der Waals surface area contributed by atoms with E-state index in [0.717, 1.165) is 62.4 Å². The Balaban J connectivity index is 1.63. The van der Waals surface area contributed by atoms with E-state index in [9.17, 15) is 4.79 Å². The molecule has 2 saturated heterocycles. The molecule has 1 amide bonds. The SMILES string of the molecule is Cc1ccc(NC(=O)C2CCNCC2)c(OCC2CCCO2)c1. The van der Waals surface area contributed by atoms with Crippen LogP contribution in [0, 0.1) is 12.8 Å². The van der Waals surface area contributed by atoms with Crippen molar-refractivity contribution in [2.24, 2.45) is 5.92 Å². The van der Waals surface area contributed by atoms with Crippen LogP contribution in [-0.2, 0) is 9.53 Å². The number of piperidine rings is 1. The summed E-state index contributed by atoms with van der Waals surface area (Å²) in [6, 6.07) is 5.91. The van der Waals surface area contributed by atoms with Crippen LogP contribution in [0.5, 0.6) is 5.75 Å². The van der Waals surface area contributed by atoms with Crippen molar-refractivity contribution in [3.63, 3.8) is 0 Å². The molecule has 2 aliphatic rings. The molecule has 2 aliphatic heterocycles. The zero-order valence-electron chi connectivity index (χ0n) is 13.8. The lowest BCUT2D eigenvalue weighted by Gasteiger charge is -2.22. The van der Waals surface area contributed by atoms with Crippen molar-refractivity contribution >= 4 is 11.6 Å². The Kier molecular flexibility index (Phi) is 5.51. The second-order valence-corrected chi connectivity index (χ2v) is 6.46. The van der Waals surface area contributed by atoms with Crippen molar-refractivity contribution in [1.29, 1.82) is 0 Å². The van der Waals surface area contributed by atoms with Crippen LogP contribution in [0.3, 0.4) is 0 Å². The molecule has 1 atom stereocenters. The first-order chi connectivity index (χ1) is 11.2. The summed E-state index contributed by atoms with van der Waals surface area (Å²) in [4.78, 5) is 12.4. The van der Waals surface area contributed by atoms with Gasteiger partial charge in [0.15, 0.2) is 0 Å². The minimum atomic E-state index is 0.0866. The predicted octanol–water partition coefficient (Wildman–Crippen LogP) is 2.49. The number of ether oxygens (including phenoxy) is 2. The third kappa shape index (κ3) is 4.45. The molecule has 3 rings (SSSR count). The van der Waals surface area contributed by atoms with Gasteiger partial charge in [-0.15, -0.1) is 0 Å². The minimum absolute atomic E-state index is 0.0866. The van der Waals surface area contributed by atoms with Gasteiger partial charge in [-0.05, 0) is 63.4 Å². The van der Waals surface area contributed by atoms with E-state index < -0.39 is 0 Å². The van der Waals surface area contributed by atoms with Gasteiger partial charge >= 0.3 is 0 Å². The second-order valence-electron chi connectivity index (χ2n) is 6.46. The van der Waals surface area contributed by atoms with Gasteiger partial charge in [0.05, 0.1) is 11.8 Å². The highest BCUT2D eigenvalue weighted by Crippen LogP contribution is 2.28. The van der Waals surface area contributed by atoms with Gasteiger partial charge < -0.3 is 20.1 Å². The molecule has 0 bridgehead atoms. The molecule has 1 unspecified atom stereocenters. The van der Waals surface area contributed by atoms with Crippen molar-refractivity contribution in [3.05, 3.63) is 23.8 Å². The van der Waals surface area contributed by atoms with Crippen LogP contribution in [0.2, 0.25) is 0 Å². The highest BCUT2D eigenvalue weighted by atomic mass is 16.5.